The van der Waals surface area contributed by atoms with Crippen LogP contribution in [-0.2, 0) is 9.53 Å². The molecule has 2 saturated heterocycles. The molecule has 0 bridgehead atoms. The third-order valence-corrected chi connectivity index (χ3v) is 5.55. The van der Waals surface area contributed by atoms with Crippen molar-refractivity contribution in [3.8, 4) is 0 Å². The van der Waals surface area contributed by atoms with Crippen molar-refractivity contribution in [3.05, 3.63) is 0 Å². The summed E-state index contributed by atoms with van der Waals surface area (Å²) in [5, 5.41) is 0. The van der Waals surface area contributed by atoms with Crippen LogP contribution < -0.4 is 0 Å². The fraction of sp³-hybridized carbons (Fsp3) is 0.941. The van der Waals surface area contributed by atoms with E-state index in [-0.39, 0.29) is 11.5 Å². The van der Waals surface area contributed by atoms with Crippen molar-refractivity contribution in [2.75, 3.05) is 39.3 Å². The molecule has 3 rings (SSSR count). The van der Waals surface area contributed by atoms with Crippen molar-refractivity contribution in [1.29, 1.82) is 0 Å². The first-order valence-corrected chi connectivity index (χ1v) is 8.79. The zero-order chi connectivity index (χ0) is 14.7. The molecule has 1 saturated carbocycles. The lowest BCUT2D eigenvalue weighted by Gasteiger charge is -2.48. The Morgan fingerprint density at radius 3 is 2.71 bits per heavy atom. The monoisotopic (exact) mass is 294 g/mol. The van der Waals surface area contributed by atoms with E-state index in [1.165, 1.54) is 38.6 Å². The van der Waals surface area contributed by atoms with Gasteiger partial charge in [-0.05, 0) is 31.6 Å². The van der Waals surface area contributed by atoms with Crippen LogP contribution in [0.5, 0.6) is 0 Å². The average Bonchev–Trinajstić information content (AvgIpc) is 2.48. The Labute approximate surface area is 128 Å². The first kappa shape index (κ1) is 15.3. The molecule has 1 atom stereocenters. The molecule has 0 aromatic rings. The fourth-order valence-electron chi connectivity index (χ4n) is 4.43. The molecule has 1 spiro atoms. The second-order valence-electron chi connectivity index (χ2n) is 7.31. The number of morpholine rings is 1. The Hall–Kier alpha value is -0.610. The van der Waals surface area contributed by atoms with E-state index in [0.29, 0.717) is 0 Å². The smallest absolute Gasteiger partial charge is 0.219 e. The first-order valence-electron chi connectivity index (χ1n) is 8.79. The van der Waals surface area contributed by atoms with E-state index in [1.807, 2.05) is 4.90 Å². The summed E-state index contributed by atoms with van der Waals surface area (Å²) in [6, 6.07) is 0. The van der Waals surface area contributed by atoms with Crippen LogP contribution in [0.3, 0.4) is 0 Å². The molecule has 1 amide bonds. The van der Waals surface area contributed by atoms with Crippen LogP contribution in [0.2, 0.25) is 0 Å². The van der Waals surface area contributed by atoms with Gasteiger partial charge in [-0.25, -0.2) is 0 Å². The quantitative estimate of drug-likeness (QED) is 0.783. The molecular weight excluding hydrogens is 264 g/mol. The summed E-state index contributed by atoms with van der Waals surface area (Å²) in [5.41, 5.74) is -0.0865. The van der Waals surface area contributed by atoms with Crippen LogP contribution in [0, 0.1) is 5.92 Å². The van der Waals surface area contributed by atoms with E-state index in [0.717, 1.165) is 51.5 Å². The summed E-state index contributed by atoms with van der Waals surface area (Å²) in [6.45, 7) is 7.55. The molecule has 2 heterocycles. The lowest BCUT2D eigenvalue weighted by molar-refractivity contribution is -0.157. The van der Waals surface area contributed by atoms with Crippen LogP contribution in [-0.4, -0.2) is 60.6 Å². The average molecular weight is 294 g/mol. The van der Waals surface area contributed by atoms with E-state index in [4.69, 9.17) is 4.74 Å². The summed E-state index contributed by atoms with van der Waals surface area (Å²) in [4.78, 5) is 16.3. The molecule has 4 heteroatoms. The molecule has 1 aliphatic carbocycles. The number of amides is 1. The predicted octanol–water partition coefficient (Wildman–Crippen LogP) is 2.28. The van der Waals surface area contributed by atoms with Crippen LogP contribution in [0.25, 0.3) is 0 Å². The number of rotatable bonds is 2. The summed E-state index contributed by atoms with van der Waals surface area (Å²) < 4.78 is 6.17. The second-order valence-corrected chi connectivity index (χ2v) is 7.31. The Morgan fingerprint density at radius 2 is 1.95 bits per heavy atom. The Balaban J connectivity index is 1.57. The number of carbonyl (C=O) groups excluding carboxylic acids is 1. The van der Waals surface area contributed by atoms with E-state index in [9.17, 15) is 4.79 Å². The van der Waals surface area contributed by atoms with Gasteiger partial charge >= 0.3 is 0 Å². The van der Waals surface area contributed by atoms with E-state index < -0.39 is 0 Å². The van der Waals surface area contributed by atoms with Crippen molar-refractivity contribution in [1.82, 2.24) is 9.80 Å². The van der Waals surface area contributed by atoms with Gasteiger partial charge in [0.15, 0.2) is 0 Å². The minimum atomic E-state index is -0.0865. The van der Waals surface area contributed by atoms with Crippen LogP contribution in [0.1, 0.15) is 51.9 Å². The number of carbonyl (C=O) groups is 1. The number of likely N-dealkylation sites (tertiary alicyclic amines) is 1. The highest BCUT2D eigenvalue weighted by Crippen LogP contribution is 2.31. The van der Waals surface area contributed by atoms with Gasteiger partial charge in [0.05, 0.1) is 18.8 Å². The zero-order valence-electron chi connectivity index (χ0n) is 13.5. The van der Waals surface area contributed by atoms with Gasteiger partial charge in [-0.1, -0.05) is 19.3 Å². The molecule has 0 unspecified atom stereocenters. The Morgan fingerprint density at radius 1 is 1.14 bits per heavy atom. The molecule has 3 aliphatic rings. The molecule has 2 aliphatic heterocycles. The number of nitrogens with zero attached hydrogens (tertiary/aromatic N) is 2. The van der Waals surface area contributed by atoms with Crippen molar-refractivity contribution in [2.45, 2.75) is 57.5 Å². The predicted molar refractivity (Wildman–Crippen MR) is 83.2 cm³/mol. The van der Waals surface area contributed by atoms with Crippen molar-refractivity contribution in [3.63, 3.8) is 0 Å². The van der Waals surface area contributed by atoms with E-state index >= 15 is 0 Å². The minimum absolute atomic E-state index is 0.0865. The molecule has 120 valence electrons. The molecule has 3 fully saturated rings. The van der Waals surface area contributed by atoms with Gasteiger partial charge in [0.25, 0.3) is 0 Å². The van der Waals surface area contributed by atoms with Gasteiger partial charge in [-0.15, -0.1) is 0 Å². The largest absolute Gasteiger partial charge is 0.370 e. The number of ether oxygens (including phenoxy) is 1. The number of piperidine rings is 1. The van der Waals surface area contributed by atoms with Crippen molar-refractivity contribution >= 4 is 5.91 Å². The maximum atomic E-state index is 11.7. The molecular formula is C17H30N2O2. The van der Waals surface area contributed by atoms with Gasteiger partial charge < -0.3 is 9.64 Å². The van der Waals surface area contributed by atoms with Gasteiger partial charge in [0.1, 0.15) is 0 Å². The molecule has 21 heavy (non-hydrogen) atoms. The molecule has 4 nitrogen and oxygen atoms in total. The maximum Gasteiger partial charge on any atom is 0.219 e. The minimum Gasteiger partial charge on any atom is -0.370 e. The van der Waals surface area contributed by atoms with Crippen molar-refractivity contribution < 1.29 is 9.53 Å². The molecule has 0 aromatic carbocycles. The lowest BCUT2D eigenvalue weighted by Crippen LogP contribution is -2.60. The highest BCUT2D eigenvalue weighted by molar-refractivity contribution is 5.73. The molecule has 0 aromatic heterocycles. The molecule has 0 radical (unpaired) electrons. The van der Waals surface area contributed by atoms with Gasteiger partial charge in [-0.2, -0.15) is 0 Å². The highest BCUT2D eigenvalue weighted by Gasteiger charge is 2.41. The van der Waals surface area contributed by atoms with Crippen LogP contribution in [0.4, 0.5) is 0 Å². The van der Waals surface area contributed by atoms with E-state index in [1.54, 1.807) is 6.92 Å². The lowest BCUT2D eigenvalue weighted by atomic mass is 9.87. The van der Waals surface area contributed by atoms with Gasteiger partial charge in [0.2, 0.25) is 5.91 Å². The normalized spacial score (nSPS) is 32.5. The van der Waals surface area contributed by atoms with Crippen molar-refractivity contribution in [2.24, 2.45) is 5.92 Å². The van der Waals surface area contributed by atoms with Crippen LogP contribution >= 0.6 is 0 Å². The van der Waals surface area contributed by atoms with Gasteiger partial charge in [0, 0.05) is 33.1 Å². The highest BCUT2D eigenvalue weighted by atomic mass is 16.5. The fourth-order valence-corrected chi connectivity index (χ4v) is 4.43. The van der Waals surface area contributed by atoms with Crippen LogP contribution in [0.15, 0.2) is 0 Å². The third-order valence-electron chi connectivity index (χ3n) is 5.55. The Bertz CT molecular complexity index is 364. The summed E-state index contributed by atoms with van der Waals surface area (Å²) in [5.74, 6) is 1.09. The SMILES string of the molecule is CC(=O)N1CCC[C@]2(CN(CC3CCCCC3)CCO2)C1. The summed E-state index contributed by atoms with van der Waals surface area (Å²) >= 11 is 0. The standard InChI is InChI=1S/C17H30N2O2/c1-15(20)19-9-5-8-17(14-19)13-18(10-11-21-17)12-16-6-3-2-4-7-16/h16H,2-14H2,1H3/t17-/m0/s1. The number of hydrogen-bond acceptors (Lipinski definition) is 3. The van der Waals surface area contributed by atoms with E-state index in [2.05, 4.69) is 4.90 Å². The second kappa shape index (κ2) is 6.66. The Kier molecular flexibility index (Phi) is 4.85. The topological polar surface area (TPSA) is 32.8 Å². The third kappa shape index (κ3) is 3.78. The summed E-state index contributed by atoms with van der Waals surface area (Å²) in [6.07, 6.45) is 9.26. The molecule has 0 N–H and O–H groups in total. The summed E-state index contributed by atoms with van der Waals surface area (Å²) in [7, 11) is 0. The number of hydrogen-bond donors (Lipinski definition) is 0. The van der Waals surface area contributed by atoms with Gasteiger partial charge in [-0.3, -0.25) is 9.69 Å². The maximum absolute atomic E-state index is 11.7. The zero-order valence-corrected chi connectivity index (χ0v) is 13.5. The first-order chi connectivity index (χ1) is 10.2.